The lowest BCUT2D eigenvalue weighted by atomic mass is 10.3. The molecule has 0 aliphatic heterocycles. The van der Waals surface area contributed by atoms with Gasteiger partial charge in [-0.05, 0) is 18.6 Å². The van der Waals surface area contributed by atoms with Crippen LogP contribution in [0.1, 0.15) is 5.56 Å². The van der Waals surface area contributed by atoms with Crippen LogP contribution in [0.3, 0.4) is 0 Å². The fourth-order valence-electron chi connectivity index (χ4n) is 0.537. The van der Waals surface area contributed by atoms with E-state index in [2.05, 4.69) is 17.6 Å². The monoisotopic (exact) mass is 159 g/mol. The zero-order valence-electron chi connectivity index (χ0n) is 4.93. The molecule has 1 aromatic heterocycles. The molecule has 0 atom stereocenters. The van der Waals surface area contributed by atoms with Crippen molar-refractivity contribution in [2.45, 2.75) is 11.8 Å². The Morgan fingerprint density at radius 1 is 1.67 bits per heavy atom. The Balaban J connectivity index is 3.17. The highest BCUT2D eigenvalue weighted by atomic mass is 35.5. The summed E-state index contributed by atoms with van der Waals surface area (Å²) in [6.07, 6.45) is 1.71. The Hall–Kier alpha value is -0.210. The summed E-state index contributed by atoms with van der Waals surface area (Å²) in [4.78, 5) is 4.60. The molecule has 0 saturated heterocycles. The Kier molecular flexibility index (Phi) is 1.98. The average Bonchev–Trinajstić information content (AvgIpc) is 1.80. The van der Waals surface area contributed by atoms with Gasteiger partial charge in [0, 0.05) is 11.1 Å². The van der Waals surface area contributed by atoms with Gasteiger partial charge in [0.2, 0.25) is 0 Å². The second kappa shape index (κ2) is 2.58. The SMILES string of the molecule is Cc1cnc(Cl)c(S)c1. The summed E-state index contributed by atoms with van der Waals surface area (Å²) in [6, 6.07) is 1.87. The van der Waals surface area contributed by atoms with Crippen molar-refractivity contribution >= 4 is 24.2 Å². The Labute approximate surface area is 64.5 Å². The Bertz CT molecular complexity index is 224. The van der Waals surface area contributed by atoms with Crippen LogP contribution < -0.4 is 0 Å². The smallest absolute Gasteiger partial charge is 0.142 e. The van der Waals surface area contributed by atoms with Crippen molar-refractivity contribution in [2.75, 3.05) is 0 Å². The number of halogens is 1. The molecule has 1 heterocycles. The lowest BCUT2D eigenvalue weighted by Crippen LogP contribution is -1.78. The minimum atomic E-state index is 0.462. The first kappa shape index (κ1) is 6.90. The van der Waals surface area contributed by atoms with E-state index in [9.17, 15) is 0 Å². The van der Waals surface area contributed by atoms with Crippen molar-refractivity contribution < 1.29 is 0 Å². The lowest BCUT2D eigenvalue weighted by molar-refractivity contribution is 1.19. The van der Waals surface area contributed by atoms with E-state index in [1.54, 1.807) is 6.20 Å². The van der Waals surface area contributed by atoms with E-state index in [-0.39, 0.29) is 0 Å². The van der Waals surface area contributed by atoms with Gasteiger partial charge < -0.3 is 0 Å². The molecule has 48 valence electrons. The van der Waals surface area contributed by atoms with Gasteiger partial charge in [0.15, 0.2) is 0 Å². The number of nitrogens with zero attached hydrogens (tertiary/aromatic N) is 1. The van der Waals surface area contributed by atoms with E-state index in [4.69, 9.17) is 11.6 Å². The number of hydrogen-bond acceptors (Lipinski definition) is 2. The van der Waals surface area contributed by atoms with Gasteiger partial charge in [-0.2, -0.15) is 0 Å². The first-order chi connectivity index (χ1) is 4.20. The molecule has 9 heavy (non-hydrogen) atoms. The normalized spacial score (nSPS) is 9.67. The van der Waals surface area contributed by atoms with Crippen molar-refractivity contribution in [3.63, 3.8) is 0 Å². The number of pyridine rings is 1. The predicted molar refractivity (Wildman–Crippen MR) is 41.2 cm³/mol. The maximum Gasteiger partial charge on any atom is 0.142 e. The lowest BCUT2D eigenvalue weighted by Gasteiger charge is -1.94. The van der Waals surface area contributed by atoms with Gasteiger partial charge in [0.25, 0.3) is 0 Å². The average molecular weight is 160 g/mol. The molecule has 1 aromatic rings. The van der Waals surface area contributed by atoms with Crippen LogP contribution in [0.25, 0.3) is 0 Å². The van der Waals surface area contributed by atoms with Gasteiger partial charge in [-0.25, -0.2) is 4.98 Å². The fourth-order valence-corrected chi connectivity index (χ4v) is 0.902. The molecule has 0 aliphatic carbocycles. The highest BCUT2D eigenvalue weighted by molar-refractivity contribution is 7.80. The van der Waals surface area contributed by atoms with Crippen molar-refractivity contribution in [3.05, 3.63) is 23.0 Å². The molecule has 0 aromatic carbocycles. The van der Waals surface area contributed by atoms with E-state index in [0.717, 1.165) is 10.5 Å². The second-order valence-electron chi connectivity index (χ2n) is 1.82. The summed E-state index contributed by atoms with van der Waals surface area (Å²) >= 11 is 9.67. The van der Waals surface area contributed by atoms with Crippen LogP contribution in [0.15, 0.2) is 17.2 Å². The van der Waals surface area contributed by atoms with Crippen LogP contribution in [0.5, 0.6) is 0 Å². The molecule has 0 aliphatic rings. The van der Waals surface area contributed by atoms with Crippen molar-refractivity contribution in [1.29, 1.82) is 0 Å². The van der Waals surface area contributed by atoms with Crippen LogP contribution >= 0.6 is 24.2 Å². The van der Waals surface area contributed by atoms with E-state index in [1.165, 1.54) is 0 Å². The first-order valence-electron chi connectivity index (χ1n) is 2.51. The Morgan fingerprint density at radius 3 is 2.78 bits per heavy atom. The van der Waals surface area contributed by atoms with Crippen LogP contribution in [0, 0.1) is 6.92 Å². The molecule has 0 saturated carbocycles. The highest BCUT2D eigenvalue weighted by Crippen LogP contribution is 2.16. The van der Waals surface area contributed by atoms with Gasteiger partial charge in [-0.1, -0.05) is 11.6 Å². The molecule has 0 bridgehead atoms. The van der Waals surface area contributed by atoms with Crippen LogP contribution in [-0.2, 0) is 0 Å². The molecular formula is C6H6ClNS. The van der Waals surface area contributed by atoms with E-state index < -0.39 is 0 Å². The van der Waals surface area contributed by atoms with Crippen LogP contribution in [-0.4, -0.2) is 4.98 Å². The minimum Gasteiger partial charge on any atom is -0.243 e. The minimum absolute atomic E-state index is 0.462. The number of rotatable bonds is 0. The highest BCUT2D eigenvalue weighted by Gasteiger charge is 1.93. The standard InChI is InChI=1S/C6H6ClNS/c1-4-2-5(9)6(7)8-3-4/h2-3,9H,1H3. The summed E-state index contributed by atoms with van der Waals surface area (Å²) in [5.74, 6) is 0. The predicted octanol–water partition coefficient (Wildman–Crippen LogP) is 2.33. The maximum absolute atomic E-state index is 5.59. The van der Waals surface area contributed by atoms with Gasteiger partial charge in [-0.3, -0.25) is 0 Å². The summed E-state index contributed by atoms with van der Waals surface area (Å²) in [6.45, 7) is 1.95. The maximum atomic E-state index is 5.59. The third-order valence-electron chi connectivity index (χ3n) is 0.957. The van der Waals surface area contributed by atoms with E-state index in [0.29, 0.717) is 5.15 Å². The Morgan fingerprint density at radius 2 is 2.33 bits per heavy atom. The topological polar surface area (TPSA) is 12.9 Å². The summed E-state index contributed by atoms with van der Waals surface area (Å²) < 4.78 is 0. The molecule has 0 unspecified atom stereocenters. The molecular weight excluding hydrogens is 154 g/mol. The molecule has 1 rings (SSSR count). The molecule has 3 heteroatoms. The number of aryl methyl sites for hydroxylation is 1. The van der Waals surface area contributed by atoms with Gasteiger partial charge in [0.1, 0.15) is 5.15 Å². The van der Waals surface area contributed by atoms with Gasteiger partial charge in [0.05, 0.1) is 0 Å². The van der Waals surface area contributed by atoms with E-state index >= 15 is 0 Å². The third kappa shape index (κ3) is 1.60. The second-order valence-corrected chi connectivity index (χ2v) is 2.66. The molecule has 0 fully saturated rings. The third-order valence-corrected chi connectivity index (χ3v) is 1.73. The van der Waals surface area contributed by atoms with Crippen molar-refractivity contribution in [3.8, 4) is 0 Å². The van der Waals surface area contributed by atoms with Crippen LogP contribution in [0.4, 0.5) is 0 Å². The fraction of sp³-hybridized carbons (Fsp3) is 0.167. The number of hydrogen-bond donors (Lipinski definition) is 1. The van der Waals surface area contributed by atoms with Crippen molar-refractivity contribution in [1.82, 2.24) is 4.98 Å². The zero-order valence-corrected chi connectivity index (χ0v) is 6.58. The molecule has 0 spiro atoms. The van der Waals surface area contributed by atoms with Gasteiger partial charge >= 0.3 is 0 Å². The summed E-state index contributed by atoms with van der Waals surface area (Å²) in [5.41, 5.74) is 1.07. The molecule has 0 radical (unpaired) electrons. The first-order valence-corrected chi connectivity index (χ1v) is 3.34. The van der Waals surface area contributed by atoms with Crippen molar-refractivity contribution in [2.24, 2.45) is 0 Å². The molecule has 0 N–H and O–H groups in total. The molecule has 0 amide bonds. The zero-order chi connectivity index (χ0) is 6.85. The quantitative estimate of drug-likeness (QED) is 0.453. The number of aromatic nitrogens is 1. The molecule has 1 nitrogen and oxygen atoms in total. The number of thiol groups is 1. The summed E-state index contributed by atoms with van der Waals surface area (Å²) in [5, 5.41) is 0.462. The summed E-state index contributed by atoms with van der Waals surface area (Å²) in [7, 11) is 0. The van der Waals surface area contributed by atoms with Gasteiger partial charge in [-0.15, -0.1) is 12.6 Å². The van der Waals surface area contributed by atoms with Crippen LogP contribution in [0.2, 0.25) is 5.15 Å². The van der Waals surface area contributed by atoms with E-state index in [1.807, 2.05) is 13.0 Å². The largest absolute Gasteiger partial charge is 0.243 e.